The maximum Gasteiger partial charge on any atom is 0.472 e. The van der Waals surface area contributed by atoms with Crippen LogP contribution in [-0.2, 0) is 27.9 Å². The average Bonchev–Trinajstić information content (AvgIpc) is 3.40. The lowest BCUT2D eigenvalue weighted by Crippen LogP contribution is -2.47. The molecule has 0 saturated carbocycles. The first-order chi connectivity index (χ1) is 37.9. The molecule has 78 heavy (non-hydrogen) atoms. The van der Waals surface area contributed by atoms with Crippen LogP contribution in [0.2, 0.25) is 0 Å². The number of esters is 1. The Labute approximate surface area is 485 Å². The van der Waals surface area contributed by atoms with Gasteiger partial charge in [0.25, 0.3) is 0 Å². The molecule has 3 atom stereocenters. The number of carbonyl (C=O) groups excluding carboxylic acids is 2. The van der Waals surface area contributed by atoms with Crippen LogP contribution in [0.15, 0.2) is 36.5 Å². The van der Waals surface area contributed by atoms with Gasteiger partial charge in [-0.1, -0.05) is 302 Å². The van der Waals surface area contributed by atoms with E-state index in [0.29, 0.717) is 30.3 Å². The van der Waals surface area contributed by atoms with Crippen molar-refractivity contribution in [3.8, 4) is 0 Å². The summed E-state index contributed by atoms with van der Waals surface area (Å²) in [5, 5.41) is 3.05. The number of hydrogen-bond donors (Lipinski definition) is 2. The Bertz CT molecular complexity index is 1430. The van der Waals surface area contributed by atoms with Crippen LogP contribution in [0.25, 0.3) is 0 Å². The Kier molecular flexibility index (Phi) is 57.1. The zero-order valence-electron chi connectivity index (χ0n) is 52.7. The summed E-state index contributed by atoms with van der Waals surface area (Å²) in [6.07, 6.45) is 71.6. The fraction of sp³-hybridized carbons (Fsp3) is 0.882. The number of quaternary nitrogens is 1. The fourth-order valence-electron chi connectivity index (χ4n) is 10.1. The highest BCUT2D eigenvalue weighted by molar-refractivity contribution is 7.47. The van der Waals surface area contributed by atoms with Gasteiger partial charge < -0.3 is 19.4 Å². The van der Waals surface area contributed by atoms with Gasteiger partial charge in [-0.3, -0.25) is 18.6 Å². The SMILES string of the molecule is CCCCCCCCC/C=C/C=C/CCCCCC(=O)NC(COP(=O)(O)OCC[N+](C)(C)C)C(/C=C\CCCCCCCCCCCCC)OC(=O)CCCCCCCCCCCCCCCCCCCCCCCCC. The molecule has 0 spiro atoms. The molecule has 0 fully saturated rings. The summed E-state index contributed by atoms with van der Waals surface area (Å²) in [6, 6.07) is -0.859. The van der Waals surface area contributed by atoms with E-state index in [1.807, 2.05) is 33.3 Å². The first-order valence-electron chi connectivity index (χ1n) is 33.8. The number of allylic oxidation sites excluding steroid dienone is 5. The molecule has 0 aromatic heterocycles. The van der Waals surface area contributed by atoms with Crippen molar-refractivity contribution in [1.29, 1.82) is 0 Å². The van der Waals surface area contributed by atoms with Crippen molar-refractivity contribution < 1.29 is 37.3 Å². The normalized spacial score (nSPS) is 13.8. The summed E-state index contributed by atoms with van der Waals surface area (Å²) < 4.78 is 30.8. The zero-order valence-corrected chi connectivity index (χ0v) is 53.6. The summed E-state index contributed by atoms with van der Waals surface area (Å²) in [6.45, 7) is 7.04. The van der Waals surface area contributed by atoms with Crippen molar-refractivity contribution in [3.63, 3.8) is 0 Å². The van der Waals surface area contributed by atoms with Crippen molar-refractivity contribution in [1.82, 2.24) is 5.32 Å². The lowest BCUT2D eigenvalue weighted by molar-refractivity contribution is -0.870. The van der Waals surface area contributed by atoms with Crippen molar-refractivity contribution in [2.24, 2.45) is 0 Å². The first-order valence-corrected chi connectivity index (χ1v) is 35.3. The largest absolute Gasteiger partial charge is 0.472 e. The smallest absolute Gasteiger partial charge is 0.456 e. The van der Waals surface area contributed by atoms with E-state index in [1.165, 1.54) is 231 Å². The molecular weight excluding hydrogens is 988 g/mol. The van der Waals surface area contributed by atoms with Gasteiger partial charge in [0.1, 0.15) is 19.3 Å². The van der Waals surface area contributed by atoms with Gasteiger partial charge in [-0.2, -0.15) is 0 Å². The first kappa shape index (κ1) is 76.2. The molecule has 0 aliphatic rings. The lowest BCUT2D eigenvalue weighted by Gasteiger charge is -2.27. The van der Waals surface area contributed by atoms with Crippen LogP contribution in [-0.4, -0.2) is 74.3 Å². The number of amides is 1. The molecule has 0 aliphatic carbocycles. The molecule has 2 N–H and O–H groups in total. The number of nitrogens with zero attached hydrogens (tertiary/aromatic N) is 1. The van der Waals surface area contributed by atoms with Gasteiger partial charge in [0.15, 0.2) is 0 Å². The van der Waals surface area contributed by atoms with E-state index in [0.717, 1.165) is 64.2 Å². The molecule has 1 amide bonds. The van der Waals surface area contributed by atoms with E-state index in [-0.39, 0.29) is 25.1 Å². The maximum absolute atomic E-state index is 13.6. The minimum Gasteiger partial charge on any atom is -0.456 e. The van der Waals surface area contributed by atoms with E-state index < -0.39 is 20.0 Å². The van der Waals surface area contributed by atoms with Gasteiger partial charge in [-0.25, -0.2) is 4.57 Å². The second-order valence-corrected chi connectivity index (χ2v) is 25.8. The summed E-state index contributed by atoms with van der Waals surface area (Å²) in [7, 11) is 1.49. The van der Waals surface area contributed by atoms with E-state index in [4.69, 9.17) is 13.8 Å². The molecule has 10 heteroatoms. The summed E-state index contributed by atoms with van der Waals surface area (Å²) >= 11 is 0. The van der Waals surface area contributed by atoms with Crippen molar-refractivity contribution in [2.75, 3.05) is 40.9 Å². The molecule has 3 unspecified atom stereocenters. The molecule has 460 valence electrons. The second-order valence-electron chi connectivity index (χ2n) is 24.4. The summed E-state index contributed by atoms with van der Waals surface area (Å²) in [4.78, 5) is 37.8. The molecule has 0 saturated heterocycles. The Morgan fingerprint density at radius 2 is 0.769 bits per heavy atom. The van der Waals surface area contributed by atoms with Gasteiger partial charge in [0, 0.05) is 12.8 Å². The molecule has 0 heterocycles. The van der Waals surface area contributed by atoms with Crippen molar-refractivity contribution in [2.45, 2.75) is 348 Å². The third-order valence-electron chi connectivity index (χ3n) is 15.4. The van der Waals surface area contributed by atoms with Crippen LogP contribution >= 0.6 is 7.82 Å². The number of rotatable bonds is 62. The van der Waals surface area contributed by atoms with Crippen molar-refractivity contribution in [3.05, 3.63) is 36.5 Å². The third-order valence-corrected chi connectivity index (χ3v) is 16.3. The topological polar surface area (TPSA) is 111 Å². The van der Waals surface area contributed by atoms with Gasteiger partial charge >= 0.3 is 13.8 Å². The Balaban J connectivity index is 5.15. The molecule has 0 aliphatic heterocycles. The standard InChI is InChI=1S/C68H131N2O7P/c1-7-10-13-16-19-22-25-28-30-32-33-34-35-36-37-38-40-43-46-49-52-55-58-61-68(72)77-66(59-56-53-50-47-44-41-27-24-21-18-15-12-9-3)65(64-76-78(73,74)75-63-62-70(4,5)6)69-67(71)60-57-54-51-48-45-42-39-31-29-26-23-20-17-14-11-8-2/h31,39,42,45,56,59,65-66H,7-30,32-38,40-41,43-44,46-55,57-58,60-64H2,1-6H3,(H-,69,71,73,74)/p+1/b39-31+,45-42+,59-56-. The van der Waals surface area contributed by atoms with Crippen LogP contribution in [0.4, 0.5) is 0 Å². The van der Waals surface area contributed by atoms with Crippen LogP contribution in [0.3, 0.4) is 0 Å². The van der Waals surface area contributed by atoms with Crippen LogP contribution < -0.4 is 5.32 Å². The zero-order chi connectivity index (χ0) is 57.2. The molecular formula is C68H132N2O7P+. The van der Waals surface area contributed by atoms with Gasteiger partial charge in [0.05, 0.1) is 33.8 Å². The highest BCUT2D eigenvalue weighted by atomic mass is 31.2. The molecule has 0 radical (unpaired) electrons. The highest BCUT2D eigenvalue weighted by Gasteiger charge is 2.30. The molecule has 9 nitrogen and oxygen atoms in total. The number of carbonyl (C=O) groups is 2. The molecule has 0 aromatic carbocycles. The number of likely N-dealkylation sites (N-methyl/N-ethyl adjacent to an activating group) is 1. The monoisotopic (exact) mass is 1120 g/mol. The number of phosphoric ester groups is 1. The van der Waals surface area contributed by atoms with Crippen LogP contribution in [0, 0.1) is 0 Å². The number of nitrogens with one attached hydrogen (secondary N) is 1. The van der Waals surface area contributed by atoms with Crippen LogP contribution in [0.5, 0.6) is 0 Å². The Morgan fingerprint density at radius 1 is 0.449 bits per heavy atom. The average molecular weight is 1120 g/mol. The minimum absolute atomic E-state index is 0.0376. The van der Waals surface area contributed by atoms with Crippen LogP contribution in [0.1, 0.15) is 335 Å². The predicted octanol–water partition coefficient (Wildman–Crippen LogP) is 21.1. The third kappa shape index (κ3) is 58.9. The quantitative estimate of drug-likeness (QED) is 0.0156. The maximum atomic E-state index is 13.6. The van der Waals surface area contributed by atoms with E-state index >= 15 is 0 Å². The number of hydrogen-bond acceptors (Lipinski definition) is 6. The van der Waals surface area contributed by atoms with E-state index in [2.05, 4.69) is 50.4 Å². The molecule has 0 rings (SSSR count). The number of phosphoric acid groups is 1. The Hall–Kier alpha value is -1.77. The Morgan fingerprint density at radius 3 is 1.14 bits per heavy atom. The number of ether oxygens (including phenoxy) is 1. The van der Waals surface area contributed by atoms with E-state index in [1.54, 1.807) is 0 Å². The second kappa shape index (κ2) is 58.4. The van der Waals surface area contributed by atoms with E-state index in [9.17, 15) is 19.0 Å². The predicted molar refractivity (Wildman–Crippen MR) is 337 cm³/mol. The molecule has 0 aromatic rings. The number of unbranched alkanes of at least 4 members (excludes halogenated alkanes) is 43. The highest BCUT2D eigenvalue weighted by Crippen LogP contribution is 2.43. The van der Waals surface area contributed by atoms with Gasteiger partial charge in [0.2, 0.25) is 5.91 Å². The van der Waals surface area contributed by atoms with Crippen molar-refractivity contribution >= 4 is 19.7 Å². The fourth-order valence-corrected chi connectivity index (χ4v) is 10.8. The summed E-state index contributed by atoms with van der Waals surface area (Å²) in [5.41, 5.74) is 0. The minimum atomic E-state index is -4.45. The summed E-state index contributed by atoms with van der Waals surface area (Å²) in [5.74, 6) is -0.519. The van der Waals surface area contributed by atoms with Gasteiger partial charge in [-0.05, 0) is 57.4 Å². The van der Waals surface area contributed by atoms with Gasteiger partial charge in [-0.15, -0.1) is 0 Å². The lowest BCUT2D eigenvalue weighted by atomic mass is 10.0. The molecule has 0 bridgehead atoms.